The molecule has 0 aliphatic carbocycles. The maximum atomic E-state index is 13.4. The van der Waals surface area contributed by atoms with E-state index in [1.54, 1.807) is 22.8 Å². The lowest BCUT2D eigenvalue weighted by atomic mass is 9.97. The monoisotopic (exact) mass is 453 g/mol. The van der Waals surface area contributed by atoms with Gasteiger partial charge in [-0.05, 0) is 65.8 Å². The number of nitrogens with one attached hydrogen (secondary N) is 1. The first-order chi connectivity index (χ1) is 16.3. The fourth-order valence-corrected chi connectivity index (χ4v) is 4.94. The van der Waals surface area contributed by atoms with Gasteiger partial charge in [0.05, 0.1) is 5.56 Å². The van der Waals surface area contributed by atoms with E-state index < -0.39 is 5.97 Å². The molecule has 5 rings (SSSR count). The summed E-state index contributed by atoms with van der Waals surface area (Å²) < 4.78 is 1.73. The van der Waals surface area contributed by atoms with Crippen LogP contribution in [-0.4, -0.2) is 15.6 Å². The van der Waals surface area contributed by atoms with E-state index >= 15 is 0 Å². The van der Waals surface area contributed by atoms with Crippen LogP contribution in [0.4, 0.5) is 11.5 Å². The molecule has 3 aromatic carbocycles. The zero-order valence-electron chi connectivity index (χ0n) is 19.5. The lowest BCUT2D eigenvalue weighted by molar-refractivity contribution is 0.0698. The van der Waals surface area contributed by atoms with Crippen LogP contribution in [0.15, 0.2) is 71.5 Å². The Balaban J connectivity index is 1.60. The Labute approximate surface area is 198 Å². The highest BCUT2D eigenvalue weighted by molar-refractivity contribution is 5.94. The predicted octanol–water partition coefficient (Wildman–Crippen LogP) is 5.24. The zero-order chi connectivity index (χ0) is 24.0. The molecule has 1 aliphatic heterocycles. The lowest BCUT2D eigenvalue weighted by Gasteiger charge is -2.24. The minimum absolute atomic E-state index is 0.0356. The van der Waals surface area contributed by atoms with Crippen LogP contribution in [0, 0.1) is 6.92 Å². The number of aromatic carboxylic acids is 1. The number of para-hydroxylation sites is 1. The van der Waals surface area contributed by atoms with Gasteiger partial charge in [-0.15, -0.1) is 0 Å². The standard InChI is InChI=1S/C28H27N3O3/c1-17-12-22(18(2)29-25-11-7-6-10-21(25)28(33)34)23-14-26(30(3)27(32)24(23)13-17)31-15-19-8-4-5-9-20(19)16-31/h4-14,18,29H,15-16H2,1-3H3,(H,33,34)/t18-/m0/s1. The summed E-state index contributed by atoms with van der Waals surface area (Å²) in [4.78, 5) is 27.4. The van der Waals surface area contributed by atoms with Gasteiger partial charge in [-0.1, -0.05) is 42.5 Å². The second kappa shape index (κ2) is 8.37. The molecule has 172 valence electrons. The van der Waals surface area contributed by atoms with Crippen molar-refractivity contribution < 1.29 is 9.90 Å². The fraction of sp³-hybridized carbons (Fsp3) is 0.214. The van der Waals surface area contributed by atoms with Gasteiger partial charge < -0.3 is 15.3 Å². The Morgan fingerprint density at radius 2 is 1.62 bits per heavy atom. The third kappa shape index (κ3) is 3.71. The molecule has 1 aliphatic rings. The van der Waals surface area contributed by atoms with E-state index in [1.807, 2.05) is 45.2 Å². The Kier molecular flexibility index (Phi) is 5.36. The van der Waals surface area contributed by atoms with Crippen LogP contribution in [0.25, 0.3) is 10.8 Å². The molecule has 0 saturated heterocycles. The van der Waals surface area contributed by atoms with E-state index in [0.717, 1.165) is 35.4 Å². The summed E-state index contributed by atoms with van der Waals surface area (Å²) in [5, 5.41) is 14.5. The number of benzene rings is 3. The van der Waals surface area contributed by atoms with Crippen LogP contribution < -0.4 is 15.8 Å². The summed E-state index contributed by atoms with van der Waals surface area (Å²) in [7, 11) is 1.83. The molecule has 4 aromatic rings. The molecular formula is C28H27N3O3. The third-order valence-electron chi connectivity index (χ3n) is 6.67. The van der Waals surface area contributed by atoms with Crippen LogP contribution >= 0.6 is 0 Å². The minimum Gasteiger partial charge on any atom is -0.478 e. The maximum absolute atomic E-state index is 13.4. The molecule has 0 amide bonds. The number of fused-ring (bicyclic) bond motifs is 2. The third-order valence-corrected chi connectivity index (χ3v) is 6.67. The van der Waals surface area contributed by atoms with Crippen molar-refractivity contribution >= 4 is 28.2 Å². The molecule has 0 spiro atoms. The number of carbonyl (C=O) groups is 1. The minimum atomic E-state index is -0.978. The summed E-state index contributed by atoms with van der Waals surface area (Å²) in [6, 6.07) is 21.1. The first-order valence-electron chi connectivity index (χ1n) is 11.4. The Hall–Kier alpha value is -4.06. The number of hydrogen-bond acceptors (Lipinski definition) is 4. The van der Waals surface area contributed by atoms with Gasteiger partial charge >= 0.3 is 5.97 Å². The van der Waals surface area contributed by atoms with Gasteiger partial charge in [0.2, 0.25) is 0 Å². The number of carboxylic acid groups (broad SMARTS) is 1. The van der Waals surface area contributed by atoms with Gasteiger partial charge in [0, 0.05) is 37.3 Å². The number of rotatable bonds is 5. The van der Waals surface area contributed by atoms with Crippen molar-refractivity contribution in [3.63, 3.8) is 0 Å². The first kappa shape index (κ1) is 21.8. The lowest BCUT2D eigenvalue weighted by Crippen LogP contribution is -2.27. The van der Waals surface area contributed by atoms with Gasteiger partial charge in [0.15, 0.2) is 0 Å². The number of carboxylic acids is 1. The van der Waals surface area contributed by atoms with E-state index in [2.05, 4.69) is 34.5 Å². The summed E-state index contributed by atoms with van der Waals surface area (Å²) in [5.74, 6) is -0.105. The van der Waals surface area contributed by atoms with Crippen LogP contribution in [0.3, 0.4) is 0 Å². The van der Waals surface area contributed by atoms with Crippen molar-refractivity contribution in [3.05, 3.63) is 105 Å². The Morgan fingerprint density at radius 3 is 2.29 bits per heavy atom. The van der Waals surface area contributed by atoms with Crippen molar-refractivity contribution in [2.45, 2.75) is 33.0 Å². The van der Waals surface area contributed by atoms with Crippen LogP contribution in [-0.2, 0) is 20.1 Å². The summed E-state index contributed by atoms with van der Waals surface area (Å²) in [6.07, 6.45) is 0. The highest BCUT2D eigenvalue weighted by Gasteiger charge is 2.23. The second-order valence-corrected chi connectivity index (χ2v) is 9.02. The Morgan fingerprint density at radius 1 is 0.971 bits per heavy atom. The van der Waals surface area contributed by atoms with Crippen LogP contribution in [0.5, 0.6) is 0 Å². The van der Waals surface area contributed by atoms with Gasteiger partial charge in [-0.3, -0.25) is 9.36 Å². The molecule has 0 bridgehead atoms. The number of anilines is 2. The van der Waals surface area contributed by atoms with Crippen molar-refractivity contribution in [1.29, 1.82) is 0 Å². The molecule has 1 aromatic heterocycles. The zero-order valence-corrected chi connectivity index (χ0v) is 19.5. The smallest absolute Gasteiger partial charge is 0.337 e. The molecule has 0 saturated carbocycles. The van der Waals surface area contributed by atoms with Gasteiger partial charge in [-0.2, -0.15) is 0 Å². The molecule has 0 radical (unpaired) electrons. The highest BCUT2D eigenvalue weighted by atomic mass is 16.4. The second-order valence-electron chi connectivity index (χ2n) is 9.02. The van der Waals surface area contributed by atoms with Crippen molar-refractivity contribution in [2.24, 2.45) is 7.05 Å². The molecule has 0 unspecified atom stereocenters. The molecule has 1 atom stereocenters. The van der Waals surface area contributed by atoms with E-state index in [9.17, 15) is 14.7 Å². The number of nitrogens with zero attached hydrogens (tertiary/aromatic N) is 2. The highest BCUT2D eigenvalue weighted by Crippen LogP contribution is 2.33. The summed E-state index contributed by atoms with van der Waals surface area (Å²) >= 11 is 0. The molecule has 34 heavy (non-hydrogen) atoms. The molecule has 6 heteroatoms. The quantitative estimate of drug-likeness (QED) is 0.432. The summed E-state index contributed by atoms with van der Waals surface area (Å²) in [6.45, 7) is 5.49. The van der Waals surface area contributed by atoms with E-state index in [4.69, 9.17) is 0 Å². The SMILES string of the molecule is Cc1cc([C@H](C)Nc2ccccc2C(=O)O)c2cc(N3Cc4ccccc4C3)n(C)c(=O)c2c1. The van der Waals surface area contributed by atoms with E-state index in [1.165, 1.54) is 11.1 Å². The molecular weight excluding hydrogens is 426 g/mol. The van der Waals surface area contributed by atoms with Crippen molar-refractivity contribution in [3.8, 4) is 0 Å². The van der Waals surface area contributed by atoms with Gasteiger partial charge in [0.25, 0.3) is 5.56 Å². The summed E-state index contributed by atoms with van der Waals surface area (Å²) in [5.41, 5.74) is 5.24. The molecule has 6 nitrogen and oxygen atoms in total. The molecule has 2 heterocycles. The maximum Gasteiger partial charge on any atom is 0.337 e. The average molecular weight is 454 g/mol. The van der Waals surface area contributed by atoms with Gasteiger partial charge in [0.1, 0.15) is 5.82 Å². The Bertz CT molecular complexity index is 1460. The fourth-order valence-electron chi connectivity index (χ4n) is 4.94. The number of aryl methyl sites for hydroxylation is 1. The predicted molar refractivity (Wildman–Crippen MR) is 136 cm³/mol. The van der Waals surface area contributed by atoms with Crippen LogP contribution in [0.1, 0.15) is 45.6 Å². The normalized spacial score (nSPS) is 13.7. The number of hydrogen-bond donors (Lipinski definition) is 2. The topological polar surface area (TPSA) is 74.6 Å². The van der Waals surface area contributed by atoms with E-state index in [0.29, 0.717) is 11.1 Å². The average Bonchev–Trinajstić information content (AvgIpc) is 3.25. The number of aromatic nitrogens is 1. The largest absolute Gasteiger partial charge is 0.478 e. The van der Waals surface area contributed by atoms with E-state index in [-0.39, 0.29) is 17.2 Å². The first-order valence-corrected chi connectivity index (χ1v) is 11.4. The molecule has 0 fully saturated rings. The van der Waals surface area contributed by atoms with Crippen molar-refractivity contribution in [2.75, 3.05) is 10.2 Å². The van der Waals surface area contributed by atoms with Crippen molar-refractivity contribution in [1.82, 2.24) is 4.57 Å². The molecule has 2 N–H and O–H groups in total. The van der Waals surface area contributed by atoms with Gasteiger partial charge in [-0.25, -0.2) is 4.79 Å². The number of pyridine rings is 1. The van der Waals surface area contributed by atoms with Crippen LogP contribution in [0.2, 0.25) is 0 Å².